The van der Waals surface area contributed by atoms with Crippen molar-refractivity contribution in [1.82, 2.24) is 16.0 Å². The normalized spacial score (nSPS) is 11.1. The second-order valence-corrected chi connectivity index (χ2v) is 6.68. The Morgan fingerprint density at radius 2 is 1.83 bits per heavy atom. The van der Waals surface area contributed by atoms with E-state index in [1.165, 1.54) is 0 Å². The zero-order valence-corrected chi connectivity index (χ0v) is 17.6. The number of aliphatic imine (C=N–C) groups is 1. The lowest BCUT2D eigenvalue weighted by Gasteiger charge is -2.13. The minimum Gasteiger partial charge on any atom is -0.494 e. The molecule has 6 heteroatoms. The number of benzene rings is 2. The van der Waals surface area contributed by atoms with Crippen LogP contribution in [0.3, 0.4) is 0 Å². The highest BCUT2D eigenvalue weighted by Crippen LogP contribution is 2.21. The smallest absolute Gasteiger partial charge is 0.222 e. The zero-order chi connectivity index (χ0) is 20.9. The summed E-state index contributed by atoms with van der Waals surface area (Å²) < 4.78 is 5.72. The number of carbonyl (C=O) groups excluding carboxylic acids is 1. The second kappa shape index (κ2) is 12.4. The fourth-order valence-electron chi connectivity index (χ4n) is 2.77. The Balaban J connectivity index is 1.83. The molecular formula is C23H32N4O2. The molecule has 29 heavy (non-hydrogen) atoms. The summed E-state index contributed by atoms with van der Waals surface area (Å²) in [6.45, 7) is 8.97. The molecule has 0 atom stereocenters. The van der Waals surface area contributed by atoms with Crippen molar-refractivity contribution < 1.29 is 9.53 Å². The molecule has 6 nitrogen and oxygen atoms in total. The van der Waals surface area contributed by atoms with Gasteiger partial charge in [-0.2, -0.15) is 0 Å². The number of rotatable bonds is 10. The van der Waals surface area contributed by atoms with Gasteiger partial charge < -0.3 is 20.7 Å². The molecule has 2 aromatic rings. The van der Waals surface area contributed by atoms with Crippen LogP contribution < -0.4 is 20.7 Å². The molecule has 0 aliphatic heterocycles. The highest BCUT2D eigenvalue weighted by molar-refractivity contribution is 5.81. The molecule has 0 heterocycles. The number of guanidine groups is 1. The summed E-state index contributed by atoms with van der Waals surface area (Å²) in [7, 11) is 0. The molecule has 0 spiro atoms. The van der Waals surface area contributed by atoms with Crippen LogP contribution in [0, 0.1) is 6.92 Å². The molecule has 156 valence electrons. The monoisotopic (exact) mass is 396 g/mol. The summed E-state index contributed by atoms with van der Waals surface area (Å²) in [5.41, 5.74) is 3.29. The molecule has 0 bridgehead atoms. The van der Waals surface area contributed by atoms with Crippen molar-refractivity contribution >= 4 is 11.9 Å². The third-order valence-corrected chi connectivity index (χ3v) is 4.25. The van der Waals surface area contributed by atoms with Crippen LogP contribution in [0.5, 0.6) is 5.75 Å². The quantitative estimate of drug-likeness (QED) is 0.426. The standard InChI is InChI=1S/C23H32N4O2/c1-4-24-23(27-17-20-12-11-18(3)15-21(20)29-5-2)25-14-13-22(28)26-16-19-9-7-6-8-10-19/h6-12,15H,4-5,13-14,16-17H2,1-3H3,(H,26,28)(H2,24,25,27). The lowest BCUT2D eigenvalue weighted by atomic mass is 10.1. The van der Waals surface area contributed by atoms with E-state index in [1.807, 2.05) is 63.2 Å². The van der Waals surface area contributed by atoms with Crippen LogP contribution in [-0.2, 0) is 17.9 Å². The largest absolute Gasteiger partial charge is 0.494 e. The Morgan fingerprint density at radius 3 is 2.55 bits per heavy atom. The number of carbonyl (C=O) groups is 1. The summed E-state index contributed by atoms with van der Waals surface area (Å²) in [5.74, 6) is 1.56. The van der Waals surface area contributed by atoms with Gasteiger partial charge in [0.05, 0.1) is 13.2 Å². The molecule has 0 fully saturated rings. The minimum atomic E-state index is 0.00867. The van der Waals surface area contributed by atoms with Gasteiger partial charge in [0, 0.05) is 31.6 Å². The Morgan fingerprint density at radius 1 is 1.03 bits per heavy atom. The Kier molecular flexibility index (Phi) is 9.55. The first-order chi connectivity index (χ1) is 14.1. The van der Waals surface area contributed by atoms with Crippen molar-refractivity contribution in [2.45, 2.75) is 40.3 Å². The van der Waals surface area contributed by atoms with Gasteiger partial charge in [0.15, 0.2) is 5.96 Å². The number of hydrogen-bond donors (Lipinski definition) is 3. The molecule has 2 rings (SSSR count). The predicted octanol–water partition coefficient (Wildman–Crippen LogP) is 3.16. The van der Waals surface area contributed by atoms with Crippen LogP contribution in [-0.4, -0.2) is 31.6 Å². The Bertz CT molecular complexity index is 791. The van der Waals surface area contributed by atoms with Crippen molar-refractivity contribution in [2.24, 2.45) is 4.99 Å². The SMILES string of the molecule is CCNC(=NCc1ccc(C)cc1OCC)NCCC(=O)NCc1ccccc1. The lowest BCUT2D eigenvalue weighted by molar-refractivity contribution is -0.121. The van der Waals surface area contributed by atoms with Gasteiger partial charge in [-0.1, -0.05) is 42.5 Å². The average molecular weight is 397 g/mol. The van der Waals surface area contributed by atoms with E-state index in [9.17, 15) is 4.79 Å². The van der Waals surface area contributed by atoms with Gasteiger partial charge in [0.1, 0.15) is 5.75 Å². The summed E-state index contributed by atoms with van der Waals surface area (Å²) in [6.07, 6.45) is 0.381. The van der Waals surface area contributed by atoms with E-state index >= 15 is 0 Å². The van der Waals surface area contributed by atoms with Gasteiger partial charge in [-0.3, -0.25) is 4.79 Å². The van der Waals surface area contributed by atoms with E-state index in [-0.39, 0.29) is 5.91 Å². The fraction of sp³-hybridized carbons (Fsp3) is 0.391. The third kappa shape index (κ3) is 8.25. The first-order valence-electron chi connectivity index (χ1n) is 10.2. The maximum Gasteiger partial charge on any atom is 0.222 e. The third-order valence-electron chi connectivity index (χ3n) is 4.25. The van der Waals surface area contributed by atoms with E-state index in [0.29, 0.717) is 38.6 Å². The van der Waals surface area contributed by atoms with Gasteiger partial charge in [-0.05, 0) is 38.0 Å². The maximum atomic E-state index is 12.1. The van der Waals surface area contributed by atoms with Gasteiger partial charge >= 0.3 is 0 Å². The van der Waals surface area contributed by atoms with Crippen molar-refractivity contribution in [3.8, 4) is 5.75 Å². The molecule has 0 saturated carbocycles. The number of aryl methyl sites for hydroxylation is 1. The predicted molar refractivity (Wildman–Crippen MR) is 118 cm³/mol. The Hall–Kier alpha value is -3.02. The summed E-state index contributed by atoms with van der Waals surface area (Å²) in [5, 5.41) is 9.37. The summed E-state index contributed by atoms with van der Waals surface area (Å²) in [6, 6.07) is 16.0. The molecule has 1 amide bonds. The molecule has 3 N–H and O–H groups in total. The molecule has 0 radical (unpaired) electrons. The van der Waals surface area contributed by atoms with E-state index < -0.39 is 0 Å². The fourth-order valence-corrected chi connectivity index (χ4v) is 2.77. The van der Waals surface area contributed by atoms with E-state index in [1.54, 1.807) is 0 Å². The number of nitrogens with zero attached hydrogens (tertiary/aromatic N) is 1. The number of ether oxygens (including phenoxy) is 1. The van der Waals surface area contributed by atoms with Crippen LogP contribution in [0.2, 0.25) is 0 Å². The van der Waals surface area contributed by atoms with Crippen molar-refractivity contribution in [3.05, 3.63) is 65.2 Å². The van der Waals surface area contributed by atoms with Gasteiger partial charge in [-0.15, -0.1) is 0 Å². The van der Waals surface area contributed by atoms with Crippen molar-refractivity contribution in [3.63, 3.8) is 0 Å². The van der Waals surface area contributed by atoms with E-state index in [0.717, 1.165) is 29.0 Å². The highest BCUT2D eigenvalue weighted by atomic mass is 16.5. The molecule has 0 aliphatic carbocycles. The van der Waals surface area contributed by atoms with E-state index in [4.69, 9.17) is 4.74 Å². The number of nitrogens with one attached hydrogen (secondary N) is 3. The van der Waals surface area contributed by atoms with Gasteiger partial charge in [0.2, 0.25) is 5.91 Å². The van der Waals surface area contributed by atoms with E-state index in [2.05, 4.69) is 27.0 Å². The van der Waals surface area contributed by atoms with Crippen LogP contribution in [0.1, 0.15) is 37.0 Å². The number of amides is 1. The highest BCUT2D eigenvalue weighted by Gasteiger charge is 2.06. The van der Waals surface area contributed by atoms with Crippen LogP contribution in [0.4, 0.5) is 0 Å². The van der Waals surface area contributed by atoms with Gasteiger partial charge in [-0.25, -0.2) is 4.99 Å². The van der Waals surface area contributed by atoms with Crippen LogP contribution in [0.15, 0.2) is 53.5 Å². The van der Waals surface area contributed by atoms with Gasteiger partial charge in [0.25, 0.3) is 0 Å². The number of hydrogen-bond acceptors (Lipinski definition) is 3. The molecule has 0 aromatic heterocycles. The first-order valence-corrected chi connectivity index (χ1v) is 10.2. The Labute approximate surface area is 173 Å². The zero-order valence-electron chi connectivity index (χ0n) is 17.6. The first kappa shape index (κ1) is 22.3. The molecule has 0 unspecified atom stereocenters. The maximum absolute atomic E-state index is 12.1. The molecular weight excluding hydrogens is 364 g/mol. The average Bonchev–Trinajstić information content (AvgIpc) is 2.72. The van der Waals surface area contributed by atoms with Crippen molar-refractivity contribution in [1.29, 1.82) is 0 Å². The molecule has 0 aliphatic rings. The minimum absolute atomic E-state index is 0.00867. The summed E-state index contributed by atoms with van der Waals surface area (Å²) >= 11 is 0. The second-order valence-electron chi connectivity index (χ2n) is 6.68. The van der Waals surface area contributed by atoms with Crippen molar-refractivity contribution in [2.75, 3.05) is 19.7 Å². The topological polar surface area (TPSA) is 74.8 Å². The van der Waals surface area contributed by atoms with Crippen LogP contribution in [0.25, 0.3) is 0 Å². The molecule has 2 aromatic carbocycles. The lowest BCUT2D eigenvalue weighted by Crippen LogP contribution is -2.39. The summed E-state index contributed by atoms with van der Waals surface area (Å²) in [4.78, 5) is 16.7. The molecule has 0 saturated heterocycles. The van der Waals surface area contributed by atoms with Crippen LogP contribution >= 0.6 is 0 Å².